The molecule has 0 radical (unpaired) electrons. The van der Waals surface area contributed by atoms with E-state index < -0.39 is 5.97 Å². The number of anilines is 2. The summed E-state index contributed by atoms with van der Waals surface area (Å²) >= 11 is 0. The van der Waals surface area contributed by atoms with Crippen LogP contribution in [0.3, 0.4) is 0 Å². The number of rotatable bonds is 8. The lowest BCUT2D eigenvalue weighted by Gasteiger charge is -2.31. The number of ether oxygens (including phenoxy) is 1. The molecule has 7 nitrogen and oxygen atoms in total. The summed E-state index contributed by atoms with van der Waals surface area (Å²) < 4.78 is 5.35. The van der Waals surface area contributed by atoms with Crippen LogP contribution in [0.15, 0.2) is 30.3 Å². The molecule has 1 saturated heterocycles. The second-order valence-corrected chi connectivity index (χ2v) is 11.0. The predicted octanol–water partition coefficient (Wildman–Crippen LogP) is 6.58. The number of piperidine rings is 1. The number of pyridine rings is 1. The largest absolute Gasteiger partial charge is 0.461 e. The Kier molecular flexibility index (Phi) is 8.26. The lowest BCUT2D eigenvalue weighted by Crippen LogP contribution is -2.33. The lowest BCUT2D eigenvalue weighted by atomic mass is 9.77. The van der Waals surface area contributed by atoms with Crippen molar-refractivity contribution in [3.8, 4) is 17.2 Å². The Morgan fingerprint density at radius 3 is 2.39 bits per heavy atom. The van der Waals surface area contributed by atoms with E-state index in [0.29, 0.717) is 17.6 Å². The van der Waals surface area contributed by atoms with Gasteiger partial charge in [-0.3, -0.25) is 0 Å². The van der Waals surface area contributed by atoms with Crippen molar-refractivity contribution < 1.29 is 9.53 Å². The Balaban J connectivity index is 1.53. The van der Waals surface area contributed by atoms with Crippen LogP contribution in [0.2, 0.25) is 0 Å². The van der Waals surface area contributed by atoms with Crippen LogP contribution in [0.4, 0.5) is 11.5 Å². The van der Waals surface area contributed by atoms with Gasteiger partial charge in [0, 0.05) is 47.9 Å². The quantitative estimate of drug-likeness (QED) is 0.305. The highest BCUT2D eigenvalue weighted by Crippen LogP contribution is 2.38. The third-order valence-corrected chi connectivity index (χ3v) is 8.45. The van der Waals surface area contributed by atoms with Gasteiger partial charge in [-0.15, -0.1) is 0 Å². The highest BCUT2D eigenvalue weighted by Gasteiger charge is 2.30. The summed E-state index contributed by atoms with van der Waals surface area (Å²) in [4.78, 5) is 20.0. The molecule has 0 amide bonds. The molecular formula is C31H39N5O2. The van der Waals surface area contributed by atoms with Crippen LogP contribution in [0, 0.1) is 28.6 Å². The van der Waals surface area contributed by atoms with Crippen LogP contribution < -0.4 is 10.2 Å². The highest BCUT2D eigenvalue weighted by atomic mass is 16.5. The summed E-state index contributed by atoms with van der Waals surface area (Å²) in [5.41, 5.74) is 4.72. The van der Waals surface area contributed by atoms with Crippen molar-refractivity contribution in [3.63, 3.8) is 0 Å². The topological polar surface area (TPSA) is 102 Å². The van der Waals surface area contributed by atoms with Crippen LogP contribution in [-0.2, 0) is 4.74 Å². The van der Waals surface area contributed by atoms with E-state index in [1.165, 1.54) is 19.3 Å². The SMILES string of the molecule is CCOC(=O)c1cc(-c2ccc(N3CCC(C#N)CC3)cc2)c(C(=N)C2CCC2)c(NC2CCCCC2)n1. The van der Waals surface area contributed by atoms with E-state index in [1.807, 2.05) is 6.07 Å². The minimum Gasteiger partial charge on any atom is -0.461 e. The molecule has 2 N–H and O–H groups in total. The van der Waals surface area contributed by atoms with Gasteiger partial charge in [0.1, 0.15) is 5.82 Å². The van der Waals surface area contributed by atoms with E-state index >= 15 is 0 Å². The van der Waals surface area contributed by atoms with Crippen LogP contribution in [-0.4, -0.2) is 42.4 Å². The van der Waals surface area contributed by atoms with Gasteiger partial charge in [0.25, 0.3) is 0 Å². The Labute approximate surface area is 226 Å². The van der Waals surface area contributed by atoms with E-state index in [2.05, 4.69) is 40.6 Å². The van der Waals surface area contributed by atoms with Gasteiger partial charge in [-0.2, -0.15) is 5.26 Å². The van der Waals surface area contributed by atoms with E-state index in [1.54, 1.807) is 6.92 Å². The number of aromatic nitrogens is 1. The maximum absolute atomic E-state index is 12.9. The van der Waals surface area contributed by atoms with E-state index in [0.717, 1.165) is 80.4 Å². The van der Waals surface area contributed by atoms with Crippen LogP contribution in [0.25, 0.3) is 11.1 Å². The molecule has 2 heterocycles. The van der Waals surface area contributed by atoms with Crippen molar-refractivity contribution in [3.05, 3.63) is 41.6 Å². The number of carbonyl (C=O) groups excluding carboxylic acids is 1. The number of carbonyl (C=O) groups is 1. The molecule has 1 aliphatic heterocycles. The number of hydrogen-bond acceptors (Lipinski definition) is 7. The van der Waals surface area contributed by atoms with Crippen molar-refractivity contribution in [2.75, 3.05) is 29.9 Å². The van der Waals surface area contributed by atoms with Crippen LogP contribution in [0.5, 0.6) is 0 Å². The molecule has 0 unspecified atom stereocenters. The molecular weight excluding hydrogens is 474 g/mol. The molecule has 2 aromatic rings. The van der Waals surface area contributed by atoms with E-state index in [-0.39, 0.29) is 24.1 Å². The number of hydrogen-bond donors (Lipinski definition) is 2. The van der Waals surface area contributed by atoms with E-state index in [4.69, 9.17) is 9.72 Å². The summed E-state index contributed by atoms with van der Waals surface area (Å²) in [6.07, 6.45) is 10.8. The Morgan fingerprint density at radius 2 is 1.79 bits per heavy atom. The molecule has 0 atom stereocenters. The van der Waals surface area contributed by atoms with E-state index in [9.17, 15) is 15.5 Å². The molecule has 200 valence electrons. The van der Waals surface area contributed by atoms with Crippen molar-refractivity contribution in [1.82, 2.24) is 4.98 Å². The standard InChI is InChI=1S/C31H39N5O2/c1-2-38-31(37)27-19-26(22-11-13-25(14-12-22)36-17-15-21(20-32)16-18-36)28(29(33)23-7-6-8-23)30(35-27)34-24-9-4-3-5-10-24/h11-14,19,21,23-24,33H,2-10,15-18H2,1H3,(H,34,35). The number of nitrogens with zero attached hydrogens (tertiary/aromatic N) is 3. The molecule has 1 aromatic heterocycles. The Morgan fingerprint density at radius 1 is 1.08 bits per heavy atom. The Bertz CT molecular complexity index is 1180. The summed E-state index contributed by atoms with van der Waals surface area (Å²) in [5.74, 6) is 0.603. The monoisotopic (exact) mass is 513 g/mol. The van der Waals surface area contributed by atoms with Gasteiger partial charge in [-0.1, -0.05) is 37.8 Å². The fraction of sp³-hybridized carbons (Fsp3) is 0.548. The summed E-state index contributed by atoms with van der Waals surface area (Å²) in [6.45, 7) is 3.86. The normalized spacial score (nSPS) is 18.9. The summed E-state index contributed by atoms with van der Waals surface area (Å²) in [6, 6.07) is 13.0. The first-order valence-electron chi connectivity index (χ1n) is 14.4. The average Bonchev–Trinajstić information content (AvgIpc) is 2.92. The van der Waals surface area contributed by atoms with Gasteiger partial charge < -0.3 is 20.4 Å². The minimum atomic E-state index is -0.431. The molecule has 5 rings (SSSR count). The molecule has 2 aliphatic carbocycles. The number of benzene rings is 1. The smallest absolute Gasteiger partial charge is 0.357 e. The average molecular weight is 514 g/mol. The molecule has 3 aliphatic rings. The van der Waals surface area contributed by atoms with Gasteiger partial charge in [-0.25, -0.2) is 9.78 Å². The maximum atomic E-state index is 12.9. The van der Waals surface area contributed by atoms with Gasteiger partial charge >= 0.3 is 5.97 Å². The Hall–Kier alpha value is -3.40. The van der Waals surface area contributed by atoms with Gasteiger partial charge in [0.05, 0.1) is 12.7 Å². The molecule has 7 heteroatoms. The van der Waals surface area contributed by atoms with Gasteiger partial charge in [0.15, 0.2) is 5.69 Å². The fourth-order valence-electron chi connectivity index (χ4n) is 5.92. The molecule has 0 spiro atoms. The number of nitrogens with one attached hydrogen (secondary N) is 2. The lowest BCUT2D eigenvalue weighted by molar-refractivity contribution is 0.0519. The molecule has 1 aromatic carbocycles. The van der Waals surface area contributed by atoms with Crippen LogP contribution >= 0.6 is 0 Å². The van der Waals surface area contributed by atoms with Crippen LogP contribution in [0.1, 0.15) is 87.2 Å². The first-order valence-corrected chi connectivity index (χ1v) is 14.4. The first kappa shape index (κ1) is 26.2. The number of esters is 1. The molecule has 38 heavy (non-hydrogen) atoms. The van der Waals surface area contributed by atoms with Crippen molar-refractivity contribution in [2.24, 2.45) is 11.8 Å². The third-order valence-electron chi connectivity index (χ3n) is 8.45. The summed E-state index contributed by atoms with van der Waals surface area (Å²) in [5, 5.41) is 22.1. The van der Waals surface area contributed by atoms with Crippen molar-refractivity contribution in [1.29, 1.82) is 10.7 Å². The molecule has 3 fully saturated rings. The highest BCUT2D eigenvalue weighted by molar-refractivity contribution is 6.10. The second-order valence-electron chi connectivity index (χ2n) is 11.0. The third kappa shape index (κ3) is 5.70. The van der Waals surface area contributed by atoms with Gasteiger partial charge in [-0.05, 0) is 74.8 Å². The zero-order valence-electron chi connectivity index (χ0n) is 22.5. The maximum Gasteiger partial charge on any atom is 0.357 e. The predicted molar refractivity (Wildman–Crippen MR) is 151 cm³/mol. The fourth-order valence-corrected chi connectivity index (χ4v) is 5.92. The second kappa shape index (κ2) is 12.0. The van der Waals surface area contributed by atoms with Crippen molar-refractivity contribution >= 4 is 23.2 Å². The van der Waals surface area contributed by atoms with Gasteiger partial charge in [0.2, 0.25) is 0 Å². The summed E-state index contributed by atoms with van der Waals surface area (Å²) in [7, 11) is 0. The van der Waals surface area contributed by atoms with Crippen molar-refractivity contribution in [2.45, 2.75) is 77.2 Å². The number of nitriles is 1. The molecule has 2 saturated carbocycles. The zero-order chi connectivity index (χ0) is 26.5. The first-order chi connectivity index (χ1) is 18.6. The minimum absolute atomic E-state index is 0.152. The zero-order valence-corrected chi connectivity index (χ0v) is 22.5. The molecule has 0 bridgehead atoms.